The summed E-state index contributed by atoms with van der Waals surface area (Å²) in [5.41, 5.74) is 0.498. The van der Waals surface area contributed by atoms with Gasteiger partial charge in [0.05, 0.1) is 29.9 Å². The Kier molecular flexibility index (Phi) is 11.7. The lowest BCUT2D eigenvalue weighted by Crippen LogP contribution is -2.57. The molecule has 1 aromatic rings. The minimum Gasteiger partial charge on any atom is -0.493 e. The lowest BCUT2D eigenvalue weighted by Gasteiger charge is -2.41. The molecule has 1 aliphatic carbocycles. The van der Waals surface area contributed by atoms with Crippen LogP contribution in [0.3, 0.4) is 0 Å². The molecule has 0 heterocycles. The van der Waals surface area contributed by atoms with Crippen molar-refractivity contribution < 1.29 is 47.6 Å². The lowest BCUT2D eigenvalue weighted by atomic mass is 9.88. The number of aliphatic hydroxyl groups is 3. The van der Waals surface area contributed by atoms with Crippen LogP contribution in [0.2, 0.25) is 0 Å². The summed E-state index contributed by atoms with van der Waals surface area (Å²) in [7, 11) is 1.35. The van der Waals surface area contributed by atoms with Crippen LogP contribution in [0.1, 0.15) is 24.8 Å². The fraction of sp³-hybridized carbons (Fsp3) is 0.500. The van der Waals surface area contributed by atoms with Gasteiger partial charge in [0.1, 0.15) is 18.8 Å². The number of aliphatic hydroxyl groups excluding tert-OH is 3. The summed E-state index contributed by atoms with van der Waals surface area (Å²) < 4.78 is 52.2. The zero-order chi connectivity index (χ0) is 27.8. The van der Waals surface area contributed by atoms with Crippen molar-refractivity contribution in [1.29, 1.82) is 0 Å². The molecule has 0 saturated heterocycles. The highest BCUT2D eigenvalue weighted by Gasteiger charge is 2.44. The third-order valence-electron chi connectivity index (χ3n) is 5.57. The van der Waals surface area contributed by atoms with Gasteiger partial charge in [0.25, 0.3) is 0 Å². The van der Waals surface area contributed by atoms with E-state index in [2.05, 4.69) is 11.9 Å². The first kappa shape index (κ1) is 30.9. The second-order valence-corrected chi connectivity index (χ2v) is 9.41. The van der Waals surface area contributed by atoms with E-state index < -0.39 is 42.8 Å². The molecule has 3 unspecified atom stereocenters. The molecule has 0 aromatic heterocycles. The Balaban J connectivity index is 2.53. The number of nitrogens with one attached hydrogen (secondary N) is 1. The van der Waals surface area contributed by atoms with E-state index in [9.17, 15) is 33.0 Å². The Hall–Kier alpha value is -2.36. The molecule has 3 atom stereocenters. The van der Waals surface area contributed by atoms with Crippen LogP contribution in [0.5, 0.6) is 11.5 Å². The minimum absolute atomic E-state index is 0.0154. The zero-order valence-electron chi connectivity index (χ0n) is 20.1. The third-order valence-corrected chi connectivity index (χ3v) is 6.37. The Bertz CT molecular complexity index is 1000. The Morgan fingerprint density at radius 3 is 2.59 bits per heavy atom. The van der Waals surface area contributed by atoms with Crippen molar-refractivity contribution >= 4 is 34.4 Å². The van der Waals surface area contributed by atoms with Gasteiger partial charge in [-0.2, -0.15) is 13.2 Å². The van der Waals surface area contributed by atoms with Gasteiger partial charge in [-0.25, -0.2) is 0 Å². The molecular formula is C24H30F3IN2O7. The molecule has 1 aliphatic rings. The van der Waals surface area contributed by atoms with Gasteiger partial charge < -0.3 is 35.0 Å². The lowest BCUT2D eigenvalue weighted by molar-refractivity contribution is -0.172. The van der Waals surface area contributed by atoms with Crippen LogP contribution in [-0.4, -0.2) is 83.3 Å². The molecule has 0 aliphatic heterocycles. The molecule has 4 N–H and O–H groups in total. The monoisotopic (exact) mass is 642 g/mol. The second-order valence-electron chi connectivity index (χ2n) is 8.25. The van der Waals surface area contributed by atoms with E-state index in [4.69, 9.17) is 14.6 Å². The number of benzene rings is 1. The summed E-state index contributed by atoms with van der Waals surface area (Å²) >= 11 is 1.91. The summed E-state index contributed by atoms with van der Waals surface area (Å²) in [6.07, 6.45) is -5.57. The number of ether oxygens (including phenoxy) is 2. The van der Waals surface area contributed by atoms with Gasteiger partial charge in [-0.1, -0.05) is 6.08 Å². The number of hydrogen-bond acceptors (Lipinski definition) is 7. The van der Waals surface area contributed by atoms with E-state index >= 15 is 0 Å². The maximum Gasteiger partial charge on any atom is 0.406 e. The molecule has 0 bridgehead atoms. The van der Waals surface area contributed by atoms with Gasteiger partial charge in [0.2, 0.25) is 11.8 Å². The highest BCUT2D eigenvalue weighted by atomic mass is 127. The van der Waals surface area contributed by atoms with Crippen LogP contribution in [0.4, 0.5) is 13.2 Å². The first-order valence-corrected chi connectivity index (χ1v) is 12.4. The van der Waals surface area contributed by atoms with E-state index in [1.165, 1.54) is 25.3 Å². The number of hydrogen-bond donors (Lipinski definition) is 4. The van der Waals surface area contributed by atoms with Gasteiger partial charge in [-0.15, -0.1) is 6.58 Å². The molecule has 37 heavy (non-hydrogen) atoms. The van der Waals surface area contributed by atoms with E-state index in [0.717, 1.165) is 0 Å². The third kappa shape index (κ3) is 8.58. The maximum absolute atomic E-state index is 13.5. The van der Waals surface area contributed by atoms with Crippen LogP contribution in [-0.2, 0) is 16.2 Å². The van der Waals surface area contributed by atoms with Crippen molar-refractivity contribution in [2.75, 3.05) is 26.8 Å². The number of methoxy groups -OCH3 is 1. The zero-order valence-corrected chi connectivity index (χ0v) is 22.3. The number of allylic oxidation sites excluding steroid dienone is 1. The minimum atomic E-state index is -4.76. The number of amides is 2. The van der Waals surface area contributed by atoms with Crippen molar-refractivity contribution in [2.24, 2.45) is 0 Å². The fourth-order valence-electron chi connectivity index (χ4n) is 3.85. The van der Waals surface area contributed by atoms with Crippen molar-refractivity contribution in [3.8, 4) is 11.5 Å². The van der Waals surface area contributed by atoms with Crippen LogP contribution in [0, 0.1) is 3.57 Å². The first-order valence-electron chi connectivity index (χ1n) is 11.3. The van der Waals surface area contributed by atoms with Gasteiger partial charge >= 0.3 is 6.18 Å². The van der Waals surface area contributed by atoms with Crippen molar-refractivity contribution in [2.45, 2.75) is 50.3 Å². The molecule has 0 saturated carbocycles. The largest absolute Gasteiger partial charge is 0.493 e. The van der Waals surface area contributed by atoms with Crippen LogP contribution >= 0.6 is 22.6 Å². The van der Waals surface area contributed by atoms with E-state index in [1.807, 2.05) is 22.6 Å². The number of carbonyl (C=O) groups is 2. The summed E-state index contributed by atoms with van der Waals surface area (Å²) in [6.45, 7) is 1.10. The molecule has 0 spiro atoms. The molecule has 0 fully saturated rings. The van der Waals surface area contributed by atoms with E-state index in [-0.39, 0.29) is 56.1 Å². The quantitative estimate of drug-likeness (QED) is 0.203. The van der Waals surface area contributed by atoms with Gasteiger partial charge in [0, 0.05) is 25.0 Å². The van der Waals surface area contributed by atoms with Gasteiger partial charge in [0.15, 0.2) is 11.5 Å². The normalized spacial score (nSPS) is 19.6. The molecule has 2 amide bonds. The van der Waals surface area contributed by atoms with Crippen LogP contribution in [0.25, 0.3) is 0 Å². The molecular weight excluding hydrogens is 612 g/mol. The van der Waals surface area contributed by atoms with Crippen molar-refractivity contribution in [1.82, 2.24) is 10.2 Å². The smallest absolute Gasteiger partial charge is 0.406 e. The summed E-state index contributed by atoms with van der Waals surface area (Å²) in [6, 6.07) is 1.65. The average molecular weight is 642 g/mol. The van der Waals surface area contributed by atoms with E-state index in [0.29, 0.717) is 14.0 Å². The number of halogens is 4. The number of alkyl halides is 3. The van der Waals surface area contributed by atoms with Gasteiger partial charge in [-0.05, 0) is 52.8 Å². The predicted octanol–water partition coefficient (Wildman–Crippen LogP) is 2.06. The maximum atomic E-state index is 13.5. The molecule has 1 aromatic carbocycles. The molecule has 9 nitrogen and oxygen atoms in total. The van der Waals surface area contributed by atoms with Crippen molar-refractivity contribution in [3.05, 3.63) is 45.6 Å². The predicted molar refractivity (Wildman–Crippen MR) is 136 cm³/mol. The highest BCUT2D eigenvalue weighted by molar-refractivity contribution is 14.1. The fourth-order valence-corrected chi connectivity index (χ4v) is 4.64. The Morgan fingerprint density at radius 1 is 1.32 bits per heavy atom. The van der Waals surface area contributed by atoms with E-state index in [1.54, 1.807) is 6.07 Å². The van der Waals surface area contributed by atoms with Crippen molar-refractivity contribution in [3.63, 3.8) is 0 Å². The number of nitrogens with zero attached hydrogens (tertiary/aromatic N) is 1. The Morgan fingerprint density at radius 2 is 2.03 bits per heavy atom. The molecule has 206 valence electrons. The molecule has 13 heteroatoms. The SMILES string of the molecule is C=CCCC(=O)N(CC(F)(F)F)C1CC(C(=O)NCCO)=CC(Oc2c(I)cc(CO)cc2OC)C1O. The summed E-state index contributed by atoms with van der Waals surface area (Å²) in [5.74, 6) is -1.21. The standard InChI is InChI=1S/C24H30F3IN2O7/c1-3-4-5-20(33)30(13-24(25,26)27)17-10-15(23(35)29-6-7-31)11-18(21(17)34)37-22-16(28)8-14(12-32)9-19(22)36-2/h3,8-9,11,17-18,21,31-32,34H,1,4-7,10,12-13H2,2H3,(H,29,35). The number of carbonyl (C=O) groups excluding carboxylic acids is 2. The summed E-state index contributed by atoms with van der Waals surface area (Å²) in [5, 5.41) is 32.1. The van der Waals surface area contributed by atoms with Crippen LogP contribution in [0.15, 0.2) is 36.4 Å². The van der Waals surface area contributed by atoms with Gasteiger partial charge in [-0.3, -0.25) is 9.59 Å². The summed E-state index contributed by atoms with van der Waals surface area (Å²) in [4.78, 5) is 26.0. The van der Waals surface area contributed by atoms with Crippen LogP contribution < -0.4 is 14.8 Å². The number of rotatable bonds is 12. The topological polar surface area (TPSA) is 129 Å². The second kappa shape index (κ2) is 14.0. The molecule has 2 rings (SSSR count). The molecule has 0 radical (unpaired) electrons. The highest BCUT2D eigenvalue weighted by Crippen LogP contribution is 2.37. The average Bonchev–Trinajstić information content (AvgIpc) is 2.85. The first-order chi connectivity index (χ1) is 17.4. The Labute approximate surface area is 226 Å².